The molecule has 0 aromatic heterocycles. The quantitative estimate of drug-likeness (QED) is 0.668. The van der Waals surface area contributed by atoms with Gasteiger partial charge in [-0.15, -0.1) is 0 Å². The van der Waals surface area contributed by atoms with E-state index in [0.29, 0.717) is 0 Å². The average Bonchev–Trinajstić information content (AvgIpc) is 2.03. The zero-order valence-corrected chi connectivity index (χ0v) is 6.35. The standard InChI is InChI=1S/C8H5F3NO/c9-8(10,11)12-7(13)6-4-2-1-3-5-6/h2-5H,(H,12,13). The number of carbonyl (C=O) groups excluding carboxylic acids is 1. The van der Waals surface area contributed by atoms with Crippen LogP contribution in [0, 0.1) is 6.07 Å². The fourth-order valence-electron chi connectivity index (χ4n) is 0.739. The zero-order chi connectivity index (χ0) is 9.90. The van der Waals surface area contributed by atoms with Gasteiger partial charge < -0.3 is 0 Å². The topological polar surface area (TPSA) is 29.1 Å². The molecule has 69 valence electrons. The van der Waals surface area contributed by atoms with Crippen molar-refractivity contribution in [2.45, 2.75) is 6.30 Å². The number of amides is 1. The van der Waals surface area contributed by atoms with Gasteiger partial charge in [-0.3, -0.25) is 10.1 Å². The predicted octanol–water partition coefficient (Wildman–Crippen LogP) is 1.74. The first-order valence-corrected chi connectivity index (χ1v) is 3.34. The minimum atomic E-state index is -4.68. The second kappa shape index (κ2) is 3.47. The molecule has 0 heterocycles. The van der Waals surface area contributed by atoms with Crippen LogP contribution in [0.25, 0.3) is 0 Å². The maximum atomic E-state index is 11.7. The first-order chi connectivity index (χ1) is 5.99. The SMILES string of the molecule is O=C(NC(F)(F)F)c1cc[c]cc1. The molecule has 0 atom stereocenters. The third kappa shape index (κ3) is 3.14. The molecule has 13 heavy (non-hydrogen) atoms. The number of hydrogen-bond donors (Lipinski definition) is 1. The summed E-state index contributed by atoms with van der Waals surface area (Å²) in [6.45, 7) is 0. The summed E-state index contributed by atoms with van der Waals surface area (Å²) in [5.41, 5.74) is -0.0453. The summed E-state index contributed by atoms with van der Waals surface area (Å²) >= 11 is 0. The molecule has 0 spiro atoms. The van der Waals surface area contributed by atoms with E-state index in [1.165, 1.54) is 24.3 Å². The highest BCUT2D eigenvalue weighted by atomic mass is 19.4. The number of alkyl halides is 3. The zero-order valence-electron chi connectivity index (χ0n) is 6.35. The average molecular weight is 188 g/mol. The Labute approximate surface area is 72.4 Å². The second-order valence-electron chi connectivity index (χ2n) is 2.24. The van der Waals surface area contributed by atoms with Crippen LogP contribution in [0.1, 0.15) is 10.4 Å². The van der Waals surface area contributed by atoms with E-state index < -0.39 is 12.2 Å². The van der Waals surface area contributed by atoms with E-state index in [2.05, 4.69) is 6.07 Å². The van der Waals surface area contributed by atoms with Gasteiger partial charge in [0.2, 0.25) is 0 Å². The lowest BCUT2D eigenvalue weighted by molar-refractivity contribution is -0.146. The summed E-state index contributed by atoms with van der Waals surface area (Å²) in [5.74, 6) is -1.17. The fourth-order valence-corrected chi connectivity index (χ4v) is 0.739. The molecule has 0 fully saturated rings. The van der Waals surface area contributed by atoms with E-state index in [1.807, 2.05) is 0 Å². The molecule has 5 heteroatoms. The maximum Gasteiger partial charge on any atom is 0.484 e. The molecule has 1 amide bonds. The fraction of sp³-hybridized carbons (Fsp3) is 0.125. The van der Waals surface area contributed by atoms with Crippen LogP contribution in [0.4, 0.5) is 13.2 Å². The van der Waals surface area contributed by atoms with Crippen LogP contribution in [-0.4, -0.2) is 12.2 Å². The van der Waals surface area contributed by atoms with Crippen LogP contribution < -0.4 is 5.32 Å². The van der Waals surface area contributed by atoms with Gasteiger partial charge in [-0.1, -0.05) is 12.1 Å². The van der Waals surface area contributed by atoms with Gasteiger partial charge in [-0.05, 0) is 18.2 Å². The highest BCUT2D eigenvalue weighted by Gasteiger charge is 2.30. The van der Waals surface area contributed by atoms with E-state index in [9.17, 15) is 18.0 Å². The Bertz CT molecular complexity index is 294. The molecule has 1 rings (SSSR count). The van der Waals surface area contributed by atoms with Gasteiger partial charge in [0.05, 0.1) is 0 Å². The van der Waals surface area contributed by atoms with Crippen molar-refractivity contribution < 1.29 is 18.0 Å². The van der Waals surface area contributed by atoms with Crippen molar-refractivity contribution in [3.63, 3.8) is 0 Å². The van der Waals surface area contributed by atoms with E-state index in [-0.39, 0.29) is 5.56 Å². The summed E-state index contributed by atoms with van der Waals surface area (Å²) in [5, 5.41) is 0.883. The lowest BCUT2D eigenvalue weighted by Gasteiger charge is -2.07. The minimum Gasteiger partial charge on any atom is -0.269 e. The van der Waals surface area contributed by atoms with Gasteiger partial charge >= 0.3 is 6.30 Å². The third-order valence-electron chi connectivity index (χ3n) is 1.24. The van der Waals surface area contributed by atoms with Gasteiger partial charge in [0.25, 0.3) is 5.91 Å². The maximum absolute atomic E-state index is 11.7. The molecule has 0 bridgehead atoms. The van der Waals surface area contributed by atoms with Crippen LogP contribution in [0.2, 0.25) is 0 Å². The molecular weight excluding hydrogens is 183 g/mol. The van der Waals surface area contributed by atoms with E-state index in [0.717, 1.165) is 5.32 Å². The molecule has 0 saturated carbocycles. The first kappa shape index (κ1) is 9.57. The number of hydrogen-bond acceptors (Lipinski definition) is 1. The van der Waals surface area contributed by atoms with E-state index >= 15 is 0 Å². The van der Waals surface area contributed by atoms with Gasteiger partial charge in [0.1, 0.15) is 0 Å². The molecule has 0 aliphatic heterocycles. The number of rotatable bonds is 1. The minimum absolute atomic E-state index is 0.0453. The van der Waals surface area contributed by atoms with Crippen molar-refractivity contribution in [3.05, 3.63) is 35.9 Å². The summed E-state index contributed by atoms with van der Waals surface area (Å²) in [6.07, 6.45) is -4.68. The number of nitrogens with one attached hydrogen (secondary N) is 1. The second-order valence-corrected chi connectivity index (χ2v) is 2.24. The lowest BCUT2D eigenvalue weighted by Crippen LogP contribution is -2.37. The van der Waals surface area contributed by atoms with Crippen molar-refractivity contribution in [3.8, 4) is 0 Å². The molecule has 1 radical (unpaired) electrons. The Kier molecular flexibility index (Phi) is 2.55. The van der Waals surface area contributed by atoms with Crippen LogP contribution in [-0.2, 0) is 0 Å². The summed E-state index contributed by atoms with van der Waals surface area (Å²) in [4.78, 5) is 10.8. The summed E-state index contributed by atoms with van der Waals surface area (Å²) in [6, 6.07) is 7.82. The Morgan fingerprint density at radius 3 is 2.31 bits per heavy atom. The van der Waals surface area contributed by atoms with Gasteiger partial charge in [-0.2, -0.15) is 13.2 Å². The van der Waals surface area contributed by atoms with Crippen molar-refractivity contribution in [2.24, 2.45) is 0 Å². The molecular formula is C8H5F3NO. The smallest absolute Gasteiger partial charge is 0.269 e. The van der Waals surface area contributed by atoms with Crippen LogP contribution >= 0.6 is 0 Å². The van der Waals surface area contributed by atoms with Crippen LogP contribution in [0.5, 0.6) is 0 Å². The Morgan fingerprint density at radius 1 is 1.31 bits per heavy atom. The van der Waals surface area contributed by atoms with Crippen LogP contribution in [0.3, 0.4) is 0 Å². The molecule has 0 saturated heterocycles. The molecule has 2 nitrogen and oxygen atoms in total. The Balaban J connectivity index is 2.71. The monoisotopic (exact) mass is 188 g/mol. The van der Waals surface area contributed by atoms with E-state index in [4.69, 9.17) is 0 Å². The van der Waals surface area contributed by atoms with Crippen molar-refractivity contribution in [2.75, 3.05) is 0 Å². The number of carbonyl (C=O) groups is 1. The van der Waals surface area contributed by atoms with Gasteiger partial charge in [-0.25, -0.2) is 0 Å². The molecule has 0 unspecified atom stereocenters. The summed E-state index contributed by atoms with van der Waals surface area (Å²) < 4.78 is 35.0. The Hall–Kier alpha value is -1.52. The normalized spacial score (nSPS) is 11.0. The highest BCUT2D eigenvalue weighted by Crippen LogP contribution is 2.11. The third-order valence-corrected chi connectivity index (χ3v) is 1.24. The molecule has 1 aromatic carbocycles. The molecule has 0 aliphatic rings. The highest BCUT2D eigenvalue weighted by molar-refractivity contribution is 5.94. The first-order valence-electron chi connectivity index (χ1n) is 3.34. The van der Waals surface area contributed by atoms with Crippen LogP contribution in [0.15, 0.2) is 24.3 Å². The van der Waals surface area contributed by atoms with Gasteiger partial charge in [0, 0.05) is 5.56 Å². The number of benzene rings is 1. The molecule has 1 N–H and O–H groups in total. The molecule has 0 aliphatic carbocycles. The number of halogens is 3. The summed E-state index contributed by atoms with van der Waals surface area (Å²) in [7, 11) is 0. The van der Waals surface area contributed by atoms with E-state index in [1.54, 1.807) is 0 Å². The van der Waals surface area contributed by atoms with Crippen molar-refractivity contribution in [1.82, 2.24) is 5.32 Å². The van der Waals surface area contributed by atoms with Crippen molar-refractivity contribution >= 4 is 5.91 Å². The largest absolute Gasteiger partial charge is 0.484 e. The Morgan fingerprint density at radius 2 is 1.85 bits per heavy atom. The predicted molar refractivity (Wildman–Crippen MR) is 38.8 cm³/mol. The molecule has 1 aromatic rings. The van der Waals surface area contributed by atoms with Gasteiger partial charge in [0.15, 0.2) is 0 Å². The lowest BCUT2D eigenvalue weighted by atomic mass is 10.2. The van der Waals surface area contributed by atoms with Crippen molar-refractivity contribution in [1.29, 1.82) is 0 Å².